The molecular formula is C18H21N5O10. The van der Waals surface area contributed by atoms with Crippen molar-refractivity contribution < 1.29 is 38.6 Å². The molecule has 1 aliphatic rings. The van der Waals surface area contributed by atoms with Gasteiger partial charge in [-0.1, -0.05) is 0 Å². The smallest absolute Gasteiger partial charge is 0.408 e. The number of alkyl carbamates (subject to hydrolysis) is 1. The molecule has 1 aromatic rings. The van der Waals surface area contributed by atoms with Crippen molar-refractivity contribution in [1.29, 1.82) is 0 Å². The molecule has 1 atom stereocenters. The zero-order valence-corrected chi connectivity index (χ0v) is 17.9. The molecule has 0 bridgehead atoms. The Morgan fingerprint density at radius 2 is 1.73 bits per heavy atom. The van der Waals surface area contributed by atoms with E-state index in [2.05, 4.69) is 10.6 Å². The number of rotatable bonds is 8. The van der Waals surface area contributed by atoms with Gasteiger partial charge in [-0.3, -0.25) is 29.8 Å². The van der Waals surface area contributed by atoms with E-state index in [0.717, 1.165) is 18.2 Å². The van der Waals surface area contributed by atoms with Gasteiger partial charge in [-0.15, -0.1) is 5.06 Å². The second kappa shape index (κ2) is 9.88. The first-order valence-electron chi connectivity index (χ1n) is 9.52. The van der Waals surface area contributed by atoms with Crippen LogP contribution in [0.4, 0.5) is 21.9 Å². The van der Waals surface area contributed by atoms with Gasteiger partial charge in [0.05, 0.1) is 15.9 Å². The van der Waals surface area contributed by atoms with E-state index in [4.69, 9.17) is 9.57 Å². The Balaban J connectivity index is 2.23. The summed E-state index contributed by atoms with van der Waals surface area (Å²) >= 11 is 0. The van der Waals surface area contributed by atoms with Crippen LogP contribution in [0.1, 0.15) is 33.6 Å². The number of hydroxylamine groups is 2. The highest BCUT2D eigenvalue weighted by Crippen LogP contribution is 2.29. The van der Waals surface area contributed by atoms with Gasteiger partial charge in [0, 0.05) is 25.5 Å². The molecule has 0 radical (unpaired) electrons. The van der Waals surface area contributed by atoms with Gasteiger partial charge in [-0.25, -0.2) is 9.59 Å². The topological polar surface area (TPSA) is 200 Å². The van der Waals surface area contributed by atoms with Crippen molar-refractivity contribution in [2.24, 2.45) is 0 Å². The van der Waals surface area contributed by atoms with Crippen molar-refractivity contribution >= 4 is 40.9 Å². The van der Waals surface area contributed by atoms with Crippen molar-refractivity contribution in [2.75, 3.05) is 11.9 Å². The molecule has 2 N–H and O–H groups in total. The second-order valence-electron chi connectivity index (χ2n) is 7.79. The van der Waals surface area contributed by atoms with Crippen molar-refractivity contribution in [1.82, 2.24) is 10.4 Å². The predicted octanol–water partition coefficient (Wildman–Crippen LogP) is 1.42. The molecule has 2 rings (SSSR count). The number of anilines is 1. The van der Waals surface area contributed by atoms with E-state index in [1.165, 1.54) is 0 Å². The van der Waals surface area contributed by atoms with E-state index < -0.39 is 63.3 Å². The lowest BCUT2D eigenvalue weighted by Gasteiger charge is -2.24. The fourth-order valence-corrected chi connectivity index (χ4v) is 2.60. The number of hydrogen-bond acceptors (Lipinski definition) is 11. The summed E-state index contributed by atoms with van der Waals surface area (Å²) in [5, 5.41) is 27.2. The van der Waals surface area contributed by atoms with Crippen molar-refractivity contribution in [3.63, 3.8) is 0 Å². The van der Waals surface area contributed by atoms with Gasteiger partial charge in [0.1, 0.15) is 17.3 Å². The molecule has 0 spiro atoms. The Kier molecular flexibility index (Phi) is 7.48. The maximum atomic E-state index is 12.6. The summed E-state index contributed by atoms with van der Waals surface area (Å²) in [7, 11) is 0. The molecule has 178 valence electrons. The summed E-state index contributed by atoms with van der Waals surface area (Å²) in [6.07, 6.45) is -1.34. The molecule has 0 aliphatic carbocycles. The third-order valence-electron chi connectivity index (χ3n) is 4.05. The third kappa shape index (κ3) is 6.84. The summed E-state index contributed by atoms with van der Waals surface area (Å²) in [6.45, 7) is 4.20. The molecule has 1 aromatic carbocycles. The number of nitrogens with one attached hydrogen (secondary N) is 2. The maximum absolute atomic E-state index is 12.6. The number of nitrogens with zero attached hydrogens (tertiary/aromatic N) is 3. The lowest BCUT2D eigenvalue weighted by molar-refractivity contribution is -0.393. The minimum atomic E-state index is -1.56. The average Bonchev–Trinajstić information content (AvgIpc) is 3.01. The lowest BCUT2D eigenvalue weighted by atomic mass is 10.2. The molecule has 1 aliphatic heterocycles. The van der Waals surface area contributed by atoms with Crippen molar-refractivity contribution in [2.45, 2.75) is 45.3 Å². The molecule has 15 nitrogen and oxygen atoms in total. The number of ether oxygens (including phenoxy) is 1. The number of benzene rings is 1. The normalized spacial score (nSPS) is 14.5. The van der Waals surface area contributed by atoms with Crippen LogP contribution in [0.15, 0.2) is 18.2 Å². The van der Waals surface area contributed by atoms with Crippen molar-refractivity contribution in [3.05, 3.63) is 38.4 Å². The molecule has 0 saturated carbocycles. The highest BCUT2D eigenvalue weighted by atomic mass is 16.7. The quantitative estimate of drug-likeness (QED) is 0.318. The Labute approximate surface area is 186 Å². The lowest BCUT2D eigenvalue weighted by Crippen LogP contribution is -2.50. The molecular weight excluding hydrogens is 446 g/mol. The first-order chi connectivity index (χ1) is 15.3. The summed E-state index contributed by atoms with van der Waals surface area (Å²) in [6, 6.07) is 1.22. The van der Waals surface area contributed by atoms with Crippen LogP contribution >= 0.6 is 0 Å². The van der Waals surface area contributed by atoms with Gasteiger partial charge in [0.25, 0.3) is 23.2 Å². The van der Waals surface area contributed by atoms with Crippen molar-refractivity contribution in [3.8, 4) is 0 Å². The number of imide groups is 1. The number of carbonyl (C=O) groups excluding carboxylic acids is 4. The zero-order valence-electron chi connectivity index (χ0n) is 17.9. The van der Waals surface area contributed by atoms with Gasteiger partial charge in [-0.2, -0.15) is 0 Å². The minimum Gasteiger partial charge on any atom is -0.444 e. The summed E-state index contributed by atoms with van der Waals surface area (Å²) in [5.41, 5.74) is -2.30. The molecule has 1 saturated heterocycles. The number of carbonyl (C=O) groups is 4. The summed E-state index contributed by atoms with van der Waals surface area (Å²) in [5.74, 6) is -2.71. The van der Waals surface area contributed by atoms with Crippen LogP contribution in [0.3, 0.4) is 0 Å². The van der Waals surface area contributed by atoms with Gasteiger partial charge in [0.15, 0.2) is 0 Å². The molecule has 3 amide bonds. The van der Waals surface area contributed by atoms with E-state index in [1.807, 2.05) is 0 Å². The Bertz CT molecular complexity index is 987. The number of amides is 3. The van der Waals surface area contributed by atoms with E-state index in [-0.39, 0.29) is 23.6 Å². The predicted molar refractivity (Wildman–Crippen MR) is 109 cm³/mol. The number of nitro benzene ring substituents is 2. The maximum Gasteiger partial charge on any atom is 0.408 e. The van der Waals surface area contributed by atoms with Crippen LogP contribution < -0.4 is 10.6 Å². The van der Waals surface area contributed by atoms with Gasteiger partial charge < -0.3 is 20.2 Å². The molecule has 0 aromatic heterocycles. The minimum absolute atomic E-state index is 0.149. The molecule has 1 unspecified atom stereocenters. The van der Waals surface area contributed by atoms with Crippen LogP contribution in [0.25, 0.3) is 0 Å². The molecule has 33 heavy (non-hydrogen) atoms. The van der Waals surface area contributed by atoms with E-state index in [0.29, 0.717) is 0 Å². The molecule has 15 heteroatoms. The van der Waals surface area contributed by atoms with Crippen LogP contribution in [0.2, 0.25) is 0 Å². The van der Waals surface area contributed by atoms with Gasteiger partial charge in [-0.05, 0) is 26.8 Å². The van der Waals surface area contributed by atoms with E-state index in [9.17, 15) is 39.4 Å². The van der Waals surface area contributed by atoms with Crippen LogP contribution in [-0.2, 0) is 24.0 Å². The van der Waals surface area contributed by atoms with E-state index >= 15 is 0 Å². The average molecular weight is 467 g/mol. The second-order valence-corrected chi connectivity index (χ2v) is 7.79. The van der Waals surface area contributed by atoms with Crippen LogP contribution in [0.5, 0.6) is 0 Å². The molecule has 1 heterocycles. The SMILES string of the molecule is CC(C)(C)OC(=O)NC(CNc1ccc([N+](=O)[O-])cc1[N+](=O)[O-])C(=O)ON1C(=O)CCC1=O. The highest BCUT2D eigenvalue weighted by molar-refractivity contribution is 6.02. The van der Waals surface area contributed by atoms with Crippen LogP contribution in [0, 0.1) is 20.2 Å². The number of hydrogen-bond donors (Lipinski definition) is 2. The third-order valence-corrected chi connectivity index (χ3v) is 4.05. The fraction of sp³-hybridized carbons (Fsp3) is 0.444. The summed E-state index contributed by atoms with van der Waals surface area (Å²) in [4.78, 5) is 73.4. The number of nitro groups is 2. The fourth-order valence-electron chi connectivity index (χ4n) is 2.60. The molecule has 1 fully saturated rings. The highest BCUT2D eigenvalue weighted by Gasteiger charge is 2.36. The summed E-state index contributed by atoms with van der Waals surface area (Å²) < 4.78 is 5.07. The van der Waals surface area contributed by atoms with Crippen LogP contribution in [-0.4, -0.2) is 57.0 Å². The Hall–Kier alpha value is -4.30. The first-order valence-corrected chi connectivity index (χ1v) is 9.52. The monoisotopic (exact) mass is 467 g/mol. The Morgan fingerprint density at radius 3 is 2.24 bits per heavy atom. The van der Waals surface area contributed by atoms with E-state index in [1.54, 1.807) is 20.8 Å². The zero-order chi connectivity index (χ0) is 24.9. The standard InChI is InChI=1S/C18H21N5O10/c1-18(2,3)32-17(27)20-12(16(26)33-21-14(24)6-7-15(21)25)9-19-11-5-4-10(22(28)29)8-13(11)23(30)31/h4-5,8,12,19H,6-7,9H2,1-3H3,(H,20,27). The van der Waals surface area contributed by atoms with Gasteiger partial charge >= 0.3 is 12.1 Å². The van der Waals surface area contributed by atoms with Gasteiger partial charge in [0.2, 0.25) is 0 Å². The first kappa shape index (κ1) is 25.0. The Morgan fingerprint density at radius 1 is 1.12 bits per heavy atom. The largest absolute Gasteiger partial charge is 0.444 e. The number of non-ortho nitro benzene ring substituents is 1.